The zero-order valence-electron chi connectivity index (χ0n) is 7.89. The Morgan fingerprint density at radius 3 is 2.75 bits per heavy atom. The summed E-state index contributed by atoms with van der Waals surface area (Å²) in [5, 5.41) is 10.6. The summed E-state index contributed by atoms with van der Waals surface area (Å²) in [6.07, 6.45) is 4.25. The average Bonchev–Trinajstić information content (AvgIpc) is 2.54. The highest BCUT2D eigenvalue weighted by molar-refractivity contribution is 5.52. The highest BCUT2D eigenvalue weighted by atomic mass is 15.3. The second-order valence-electron chi connectivity index (χ2n) is 2.65. The lowest BCUT2D eigenvalue weighted by Gasteiger charge is -2.04. The van der Waals surface area contributed by atoms with Crippen LogP contribution < -0.4 is 0 Å². The van der Waals surface area contributed by atoms with Gasteiger partial charge in [0.1, 0.15) is 5.69 Å². The Hall–Kier alpha value is -1.12. The lowest BCUT2D eigenvalue weighted by molar-refractivity contribution is 0.864. The summed E-state index contributed by atoms with van der Waals surface area (Å²) >= 11 is 0. The molecule has 0 bridgehead atoms. The van der Waals surface area contributed by atoms with Gasteiger partial charge in [0.15, 0.2) is 0 Å². The highest BCUT2D eigenvalue weighted by Gasteiger charge is 2.10. The minimum absolute atomic E-state index is 1.02. The van der Waals surface area contributed by atoms with Gasteiger partial charge in [0.2, 0.25) is 0 Å². The van der Waals surface area contributed by atoms with Crippen LogP contribution in [0.1, 0.15) is 38.6 Å². The predicted octanol–water partition coefficient (Wildman–Crippen LogP) is 2.18. The number of nitrogens with one attached hydrogen (secondary N) is 1. The van der Waals surface area contributed by atoms with Crippen LogP contribution in [-0.2, 0) is 6.42 Å². The Morgan fingerprint density at radius 2 is 2.00 bits per heavy atom. The quantitative estimate of drug-likeness (QED) is 0.640. The standard InChI is InChI=1S/C7H9N3.C2H6/c1-5-2-3-6-7(4-5)9-10-8-6;1-2/h4H,2-3H2,1H3,(H,8,9,10);1-2H3. The number of allylic oxidation sites excluding steroid dienone is 1. The number of nitrogens with zero attached hydrogens (tertiary/aromatic N) is 2. The fourth-order valence-corrected chi connectivity index (χ4v) is 1.18. The van der Waals surface area contributed by atoms with Crippen molar-refractivity contribution < 1.29 is 0 Å². The maximum atomic E-state index is 4.01. The number of hydrogen-bond acceptors (Lipinski definition) is 2. The van der Waals surface area contributed by atoms with Crippen LogP contribution in [-0.4, -0.2) is 15.4 Å². The van der Waals surface area contributed by atoms with Crippen molar-refractivity contribution >= 4 is 6.08 Å². The van der Waals surface area contributed by atoms with E-state index in [1.54, 1.807) is 0 Å². The van der Waals surface area contributed by atoms with Crippen LogP contribution in [0.25, 0.3) is 6.08 Å². The van der Waals surface area contributed by atoms with Crippen molar-refractivity contribution in [2.24, 2.45) is 0 Å². The van der Waals surface area contributed by atoms with Crippen molar-refractivity contribution in [3.8, 4) is 0 Å². The van der Waals surface area contributed by atoms with Crippen LogP contribution in [0.4, 0.5) is 0 Å². The third-order valence-corrected chi connectivity index (χ3v) is 1.79. The van der Waals surface area contributed by atoms with E-state index in [-0.39, 0.29) is 0 Å². The number of fused-ring (bicyclic) bond motifs is 1. The minimum Gasteiger partial charge on any atom is -0.197 e. The van der Waals surface area contributed by atoms with Crippen molar-refractivity contribution in [3.63, 3.8) is 0 Å². The van der Waals surface area contributed by atoms with E-state index < -0.39 is 0 Å². The molecule has 0 unspecified atom stereocenters. The molecular weight excluding hydrogens is 150 g/mol. The first kappa shape index (κ1) is 8.97. The second kappa shape index (κ2) is 4.04. The van der Waals surface area contributed by atoms with E-state index in [4.69, 9.17) is 0 Å². The van der Waals surface area contributed by atoms with Crippen LogP contribution in [0.15, 0.2) is 5.57 Å². The number of hydrogen-bond donors (Lipinski definition) is 1. The maximum Gasteiger partial charge on any atom is 0.108 e. The second-order valence-corrected chi connectivity index (χ2v) is 2.65. The van der Waals surface area contributed by atoms with Crippen molar-refractivity contribution in [1.82, 2.24) is 15.4 Å². The molecule has 3 nitrogen and oxygen atoms in total. The zero-order valence-corrected chi connectivity index (χ0v) is 7.89. The number of rotatable bonds is 0. The summed E-state index contributed by atoms with van der Waals surface area (Å²) in [6.45, 7) is 6.12. The number of aromatic amines is 1. The van der Waals surface area contributed by atoms with E-state index in [0.29, 0.717) is 0 Å². The Morgan fingerprint density at radius 1 is 1.25 bits per heavy atom. The molecule has 0 radical (unpaired) electrons. The summed E-state index contributed by atoms with van der Waals surface area (Å²) in [7, 11) is 0. The first-order valence-electron chi connectivity index (χ1n) is 4.43. The van der Waals surface area contributed by atoms with Crippen molar-refractivity contribution in [2.45, 2.75) is 33.6 Å². The fraction of sp³-hybridized carbons (Fsp3) is 0.556. The molecule has 0 saturated carbocycles. The first-order chi connectivity index (χ1) is 5.86. The van der Waals surface area contributed by atoms with Gasteiger partial charge in [-0.3, -0.25) is 0 Å². The summed E-state index contributed by atoms with van der Waals surface area (Å²) in [5.41, 5.74) is 3.51. The van der Waals surface area contributed by atoms with Crippen LogP contribution in [0.2, 0.25) is 0 Å². The predicted molar refractivity (Wildman–Crippen MR) is 49.7 cm³/mol. The van der Waals surface area contributed by atoms with Gasteiger partial charge in [-0.25, -0.2) is 0 Å². The summed E-state index contributed by atoms with van der Waals surface area (Å²) in [4.78, 5) is 0. The molecule has 1 aliphatic carbocycles. The Bertz CT molecular complexity index is 273. The topological polar surface area (TPSA) is 41.6 Å². The van der Waals surface area contributed by atoms with Crippen LogP contribution in [0.5, 0.6) is 0 Å². The molecule has 3 heteroatoms. The maximum absolute atomic E-state index is 4.01. The summed E-state index contributed by atoms with van der Waals surface area (Å²) in [6, 6.07) is 0. The van der Waals surface area contributed by atoms with E-state index in [1.807, 2.05) is 13.8 Å². The molecule has 0 fully saturated rings. The SMILES string of the molecule is CC.CC1=Cc2n[nH]nc2CC1. The molecule has 0 atom stereocenters. The first-order valence-corrected chi connectivity index (χ1v) is 4.43. The number of H-pyrrole nitrogens is 1. The van der Waals surface area contributed by atoms with Gasteiger partial charge < -0.3 is 0 Å². The number of aromatic nitrogens is 3. The molecule has 66 valence electrons. The van der Waals surface area contributed by atoms with Gasteiger partial charge in [0.05, 0.1) is 5.69 Å². The lowest BCUT2D eigenvalue weighted by atomic mass is 10.0. The molecule has 0 spiro atoms. The molecular formula is C9H15N3. The van der Waals surface area contributed by atoms with Crippen molar-refractivity contribution in [1.29, 1.82) is 0 Å². The Kier molecular flexibility index (Phi) is 3.02. The normalized spacial score (nSPS) is 14.1. The summed E-state index contributed by atoms with van der Waals surface area (Å²) in [5.74, 6) is 0. The Balaban J connectivity index is 0.000000336. The van der Waals surface area contributed by atoms with E-state index in [2.05, 4.69) is 28.4 Å². The molecule has 1 aliphatic rings. The molecule has 0 amide bonds. The zero-order chi connectivity index (χ0) is 8.97. The molecule has 0 aromatic carbocycles. The van der Waals surface area contributed by atoms with Gasteiger partial charge >= 0.3 is 0 Å². The average molecular weight is 165 g/mol. The van der Waals surface area contributed by atoms with Gasteiger partial charge in [0.25, 0.3) is 0 Å². The van der Waals surface area contributed by atoms with Crippen LogP contribution >= 0.6 is 0 Å². The van der Waals surface area contributed by atoms with E-state index in [0.717, 1.165) is 24.2 Å². The van der Waals surface area contributed by atoms with Gasteiger partial charge in [-0.15, -0.1) is 0 Å². The van der Waals surface area contributed by atoms with Gasteiger partial charge in [-0.1, -0.05) is 19.4 Å². The van der Waals surface area contributed by atoms with E-state index in [1.165, 1.54) is 5.57 Å². The molecule has 2 rings (SSSR count). The van der Waals surface area contributed by atoms with Gasteiger partial charge in [-0.05, 0) is 25.8 Å². The van der Waals surface area contributed by atoms with Crippen LogP contribution in [0, 0.1) is 0 Å². The van der Waals surface area contributed by atoms with Crippen molar-refractivity contribution in [3.05, 3.63) is 17.0 Å². The molecule has 1 aromatic heterocycles. The van der Waals surface area contributed by atoms with Crippen molar-refractivity contribution in [2.75, 3.05) is 0 Å². The van der Waals surface area contributed by atoms with Gasteiger partial charge in [-0.2, -0.15) is 15.4 Å². The van der Waals surface area contributed by atoms with E-state index in [9.17, 15) is 0 Å². The molecule has 12 heavy (non-hydrogen) atoms. The molecule has 0 saturated heterocycles. The van der Waals surface area contributed by atoms with Crippen LogP contribution in [0.3, 0.4) is 0 Å². The molecule has 0 aliphatic heterocycles. The molecule has 1 aromatic rings. The smallest absolute Gasteiger partial charge is 0.108 e. The van der Waals surface area contributed by atoms with E-state index >= 15 is 0 Å². The largest absolute Gasteiger partial charge is 0.197 e. The fourth-order valence-electron chi connectivity index (χ4n) is 1.18. The minimum atomic E-state index is 1.02. The Labute approximate surface area is 72.9 Å². The third kappa shape index (κ3) is 1.72. The monoisotopic (exact) mass is 165 g/mol. The van der Waals surface area contributed by atoms with Gasteiger partial charge in [0, 0.05) is 0 Å². The summed E-state index contributed by atoms with van der Waals surface area (Å²) < 4.78 is 0. The molecule has 1 N–H and O–H groups in total. The lowest BCUT2D eigenvalue weighted by Crippen LogP contribution is -1.95. The number of aryl methyl sites for hydroxylation is 1. The molecule has 1 heterocycles. The third-order valence-electron chi connectivity index (χ3n) is 1.79. The highest BCUT2D eigenvalue weighted by Crippen LogP contribution is 2.18.